The lowest BCUT2D eigenvalue weighted by atomic mass is 10.0. The van der Waals surface area contributed by atoms with Gasteiger partial charge in [0.2, 0.25) is 0 Å². The highest BCUT2D eigenvalue weighted by atomic mass is 19.1. The fourth-order valence-corrected chi connectivity index (χ4v) is 2.98. The van der Waals surface area contributed by atoms with Crippen LogP contribution in [-0.2, 0) is 17.8 Å². The second-order valence-electron chi connectivity index (χ2n) is 5.95. The van der Waals surface area contributed by atoms with E-state index in [9.17, 15) is 14.0 Å². The highest BCUT2D eigenvalue weighted by molar-refractivity contribution is 6.01. The van der Waals surface area contributed by atoms with Crippen molar-refractivity contribution in [2.45, 2.75) is 26.9 Å². The van der Waals surface area contributed by atoms with Gasteiger partial charge in [0, 0.05) is 18.7 Å². The Labute approximate surface area is 151 Å². The highest BCUT2D eigenvalue weighted by Gasteiger charge is 2.30. The van der Waals surface area contributed by atoms with Gasteiger partial charge in [-0.15, -0.1) is 0 Å². The maximum Gasteiger partial charge on any atom is 0.341 e. The molecule has 0 aliphatic carbocycles. The van der Waals surface area contributed by atoms with Gasteiger partial charge in [-0.3, -0.25) is 4.79 Å². The van der Waals surface area contributed by atoms with E-state index in [1.165, 1.54) is 12.1 Å². The van der Waals surface area contributed by atoms with Crippen LogP contribution < -0.4 is 4.74 Å². The molecule has 26 heavy (non-hydrogen) atoms. The van der Waals surface area contributed by atoms with E-state index in [1.54, 1.807) is 36.1 Å². The molecule has 136 valence electrons. The summed E-state index contributed by atoms with van der Waals surface area (Å²) in [5, 5.41) is 0. The SMILES string of the molecule is CCOC(=O)c1cc2c(cc1OCC)C(=O)N(Cc1ccc(F)cc1)C2. The van der Waals surface area contributed by atoms with Crippen LogP contribution in [0.4, 0.5) is 4.39 Å². The first kappa shape index (κ1) is 17.9. The van der Waals surface area contributed by atoms with E-state index in [0.29, 0.717) is 36.6 Å². The van der Waals surface area contributed by atoms with Crippen LogP contribution in [0.2, 0.25) is 0 Å². The molecule has 1 heterocycles. The molecule has 0 spiro atoms. The molecule has 0 radical (unpaired) electrons. The third kappa shape index (κ3) is 3.54. The lowest BCUT2D eigenvalue weighted by Gasteiger charge is -2.15. The minimum atomic E-state index is -0.469. The monoisotopic (exact) mass is 357 g/mol. The Kier molecular flexibility index (Phi) is 5.21. The summed E-state index contributed by atoms with van der Waals surface area (Å²) < 4.78 is 23.7. The second kappa shape index (κ2) is 7.56. The van der Waals surface area contributed by atoms with E-state index in [0.717, 1.165) is 11.1 Å². The number of hydrogen-bond donors (Lipinski definition) is 0. The summed E-state index contributed by atoms with van der Waals surface area (Å²) in [7, 11) is 0. The average Bonchev–Trinajstić information content (AvgIpc) is 2.92. The Balaban J connectivity index is 1.88. The van der Waals surface area contributed by atoms with Crippen molar-refractivity contribution in [2.75, 3.05) is 13.2 Å². The van der Waals surface area contributed by atoms with Crippen LogP contribution in [0.5, 0.6) is 5.75 Å². The van der Waals surface area contributed by atoms with Gasteiger partial charge in [-0.2, -0.15) is 0 Å². The van der Waals surface area contributed by atoms with Crippen LogP contribution >= 0.6 is 0 Å². The van der Waals surface area contributed by atoms with Gasteiger partial charge >= 0.3 is 5.97 Å². The molecule has 2 aromatic carbocycles. The Bertz CT molecular complexity index is 832. The van der Waals surface area contributed by atoms with Crippen LogP contribution in [0, 0.1) is 5.82 Å². The van der Waals surface area contributed by atoms with E-state index < -0.39 is 5.97 Å². The van der Waals surface area contributed by atoms with E-state index in [4.69, 9.17) is 9.47 Å². The van der Waals surface area contributed by atoms with Crippen molar-refractivity contribution in [1.29, 1.82) is 0 Å². The molecule has 1 amide bonds. The first-order chi connectivity index (χ1) is 12.5. The van der Waals surface area contributed by atoms with Crippen LogP contribution in [0.1, 0.15) is 45.7 Å². The molecule has 1 aliphatic rings. The van der Waals surface area contributed by atoms with Gasteiger partial charge in [0.1, 0.15) is 17.1 Å². The van der Waals surface area contributed by atoms with Crippen molar-refractivity contribution < 1.29 is 23.5 Å². The van der Waals surface area contributed by atoms with Crippen LogP contribution in [0.25, 0.3) is 0 Å². The summed E-state index contributed by atoms with van der Waals surface area (Å²) in [5.74, 6) is -0.573. The maximum absolute atomic E-state index is 13.1. The normalized spacial score (nSPS) is 12.9. The molecule has 0 fully saturated rings. The van der Waals surface area contributed by atoms with Gasteiger partial charge in [0.05, 0.1) is 13.2 Å². The smallest absolute Gasteiger partial charge is 0.341 e. The zero-order valence-electron chi connectivity index (χ0n) is 14.8. The summed E-state index contributed by atoms with van der Waals surface area (Å²) in [6.07, 6.45) is 0. The number of ether oxygens (including phenoxy) is 2. The van der Waals surface area contributed by atoms with Crippen molar-refractivity contribution in [2.24, 2.45) is 0 Å². The van der Waals surface area contributed by atoms with Gasteiger partial charge in [0.25, 0.3) is 5.91 Å². The average molecular weight is 357 g/mol. The molecule has 0 N–H and O–H groups in total. The molecule has 6 heteroatoms. The Hall–Kier alpha value is -2.89. The first-order valence-electron chi connectivity index (χ1n) is 8.54. The summed E-state index contributed by atoms with van der Waals surface area (Å²) in [6, 6.07) is 9.33. The maximum atomic E-state index is 13.1. The number of carbonyl (C=O) groups excluding carboxylic acids is 2. The highest BCUT2D eigenvalue weighted by Crippen LogP contribution is 2.31. The lowest BCUT2D eigenvalue weighted by Crippen LogP contribution is -2.23. The zero-order valence-corrected chi connectivity index (χ0v) is 14.8. The van der Waals surface area contributed by atoms with Gasteiger partial charge in [-0.05, 0) is 49.2 Å². The van der Waals surface area contributed by atoms with Gasteiger partial charge < -0.3 is 14.4 Å². The van der Waals surface area contributed by atoms with E-state index >= 15 is 0 Å². The molecular formula is C20H20FNO4. The molecule has 0 bridgehead atoms. The summed E-state index contributed by atoms with van der Waals surface area (Å²) in [5.41, 5.74) is 2.43. The molecule has 0 aromatic heterocycles. The molecule has 0 atom stereocenters. The predicted octanol–water partition coefficient (Wildman–Crippen LogP) is 3.56. The fraction of sp³-hybridized carbons (Fsp3) is 0.300. The molecule has 0 unspecified atom stereocenters. The molecule has 3 rings (SSSR count). The van der Waals surface area contributed by atoms with Crippen LogP contribution in [0.15, 0.2) is 36.4 Å². The third-order valence-corrected chi connectivity index (χ3v) is 4.17. The van der Waals surface area contributed by atoms with E-state index in [-0.39, 0.29) is 18.3 Å². The number of fused-ring (bicyclic) bond motifs is 1. The number of benzene rings is 2. The number of halogens is 1. The molecule has 5 nitrogen and oxygen atoms in total. The van der Waals surface area contributed by atoms with E-state index in [2.05, 4.69) is 0 Å². The Morgan fingerprint density at radius 1 is 1.15 bits per heavy atom. The predicted molar refractivity (Wildman–Crippen MR) is 93.5 cm³/mol. The summed E-state index contributed by atoms with van der Waals surface area (Å²) in [4.78, 5) is 26.6. The number of amides is 1. The van der Waals surface area contributed by atoms with Gasteiger partial charge in [-0.25, -0.2) is 9.18 Å². The van der Waals surface area contributed by atoms with Gasteiger partial charge in [-0.1, -0.05) is 12.1 Å². The van der Waals surface area contributed by atoms with Crippen molar-refractivity contribution >= 4 is 11.9 Å². The zero-order chi connectivity index (χ0) is 18.7. The fourth-order valence-electron chi connectivity index (χ4n) is 2.98. The molecular weight excluding hydrogens is 337 g/mol. The van der Waals surface area contributed by atoms with Crippen molar-refractivity contribution in [1.82, 2.24) is 4.90 Å². The lowest BCUT2D eigenvalue weighted by molar-refractivity contribution is 0.0521. The van der Waals surface area contributed by atoms with Crippen LogP contribution in [-0.4, -0.2) is 30.0 Å². The molecule has 0 saturated carbocycles. The second-order valence-corrected chi connectivity index (χ2v) is 5.95. The van der Waals surface area contributed by atoms with Crippen molar-refractivity contribution in [3.05, 3.63) is 64.5 Å². The topological polar surface area (TPSA) is 55.8 Å². The number of hydrogen-bond acceptors (Lipinski definition) is 4. The Morgan fingerprint density at radius 3 is 2.54 bits per heavy atom. The minimum Gasteiger partial charge on any atom is -0.493 e. The quantitative estimate of drug-likeness (QED) is 0.742. The molecule has 1 aliphatic heterocycles. The van der Waals surface area contributed by atoms with Crippen molar-refractivity contribution in [3.63, 3.8) is 0 Å². The summed E-state index contributed by atoms with van der Waals surface area (Å²) in [6.45, 7) is 4.93. The number of nitrogens with zero attached hydrogens (tertiary/aromatic N) is 1. The standard InChI is InChI=1S/C20H20FNO4/c1-3-25-18-10-16-14(9-17(18)20(24)26-4-2)12-22(19(16)23)11-13-5-7-15(21)8-6-13/h5-10H,3-4,11-12H2,1-2H3. The number of carbonyl (C=O) groups is 2. The molecule has 0 saturated heterocycles. The minimum absolute atomic E-state index is 0.138. The summed E-state index contributed by atoms with van der Waals surface area (Å²) >= 11 is 0. The van der Waals surface area contributed by atoms with Gasteiger partial charge in [0.15, 0.2) is 0 Å². The number of rotatable bonds is 6. The van der Waals surface area contributed by atoms with Crippen LogP contribution in [0.3, 0.4) is 0 Å². The Morgan fingerprint density at radius 2 is 1.88 bits per heavy atom. The first-order valence-corrected chi connectivity index (χ1v) is 8.54. The molecule has 2 aromatic rings. The number of esters is 1. The third-order valence-electron chi connectivity index (χ3n) is 4.17. The largest absolute Gasteiger partial charge is 0.493 e. The van der Waals surface area contributed by atoms with E-state index in [1.807, 2.05) is 6.92 Å². The van der Waals surface area contributed by atoms with Crippen molar-refractivity contribution in [3.8, 4) is 5.75 Å².